The van der Waals surface area contributed by atoms with Crippen molar-refractivity contribution in [1.82, 2.24) is 4.98 Å². The Morgan fingerprint density at radius 3 is 2.86 bits per heavy atom. The van der Waals surface area contributed by atoms with E-state index >= 15 is 0 Å². The molecule has 78 valence electrons. The lowest BCUT2D eigenvalue weighted by Crippen LogP contribution is -2.27. The molecule has 0 fully saturated rings. The maximum absolute atomic E-state index is 13.1. The summed E-state index contributed by atoms with van der Waals surface area (Å²) in [5.41, 5.74) is 0.164. The number of aliphatic hydroxyl groups is 1. The van der Waals surface area contributed by atoms with Gasteiger partial charge in [-0.25, -0.2) is 4.39 Å². The number of aromatic nitrogens is 1. The predicted molar refractivity (Wildman–Crippen MR) is 53.6 cm³/mol. The lowest BCUT2D eigenvalue weighted by atomic mass is 9.95. The first-order valence-corrected chi connectivity index (χ1v) is 4.49. The van der Waals surface area contributed by atoms with Crippen LogP contribution in [0.1, 0.15) is 13.8 Å². The molecule has 0 saturated carbocycles. The summed E-state index contributed by atoms with van der Waals surface area (Å²) in [6, 6.07) is 1.57. The summed E-state index contributed by atoms with van der Waals surface area (Å²) in [5, 5.41) is 11.9. The number of nitrogens with one attached hydrogen (secondary N) is 1. The van der Waals surface area contributed by atoms with E-state index in [1.165, 1.54) is 6.20 Å². The summed E-state index contributed by atoms with van der Waals surface area (Å²) < 4.78 is 13.1. The molecular weight excluding hydrogens is 183 g/mol. The molecule has 1 aromatic heterocycles. The number of nitrogens with zero attached hydrogens (tertiary/aromatic N) is 1. The van der Waals surface area contributed by atoms with E-state index in [1.807, 2.05) is 13.8 Å². The Labute approximate surface area is 83.0 Å². The van der Waals surface area contributed by atoms with Crippen molar-refractivity contribution >= 4 is 5.69 Å². The van der Waals surface area contributed by atoms with E-state index < -0.39 is 0 Å². The van der Waals surface area contributed by atoms with Crippen molar-refractivity contribution in [2.75, 3.05) is 18.5 Å². The van der Waals surface area contributed by atoms with E-state index in [0.29, 0.717) is 12.2 Å². The van der Waals surface area contributed by atoms with Gasteiger partial charge in [0.1, 0.15) is 0 Å². The molecule has 0 saturated heterocycles. The highest BCUT2D eigenvalue weighted by Crippen LogP contribution is 2.17. The highest BCUT2D eigenvalue weighted by molar-refractivity contribution is 5.42. The van der Waals surface area contributed by atoms with Crippen LogP contribution in [0.25, 0.3) is 0 Å². The van der Waals surface area contributed by atoms with Crippen LogP contribution in [0.3, 0.4) is 0 Å². The molecule has 1 heterocycles. The van der Waals surface area contributed by atoms with Crippen LogP contribution < -0.4 is 5.32 Å². The number of halogens is 1. The first-order valence-electron chi connectivity index (χ1n) is 4.49. The van der Waals surface area contributed by atoms with Crippen molar-refractivity contribution in [3.8, 4) is 0 Å². The summed E-state index contributed by atoms with van der Waals surface area (Å²) in [6.45, 7) is 4.38. The van der Waals surface area contributed by atoms with Crippen LogP contribution in [0.15, 0.2) is 18.5 Å². The number of anilines is 1. The van der Waals surface area contributed by atoms with Crippen molar-refractivity contribution in [2.45, 2.75) is 13.8 Å². The Morgan fingerprint density at radius 1 is 1.57 bits per heavy atom. The number of rotatable bonds is 4. The second-order valence-corrected chi connectivity index (χ2v) is 4.03. The van der Waals surface area contributed by atoms with E-state index in [1.54, 1.807) is 6.07 Å². The summed E-state index contributed by atoms with van der Waals surface area (Å²) in [7, 11) is 0. The third-order valence-electron chi connectivity index (χ3n) is 1.96. The first kappa shape index (κ1) is 10.9. The number of aliphatic hydroxyl groups excluding tert-OH is 1. The minimum atomic E-state index is -0.374. The molecule has 0 amide bonds. The van der Waals surface area contributed by atoms with E-state index in [0.717, 1.165) is 6.20 Å². The molecule has 0 radical (unpaired) electrons. The molecule has 0 bridgehead atoms. The monoisotopic (exact) mass is 198 g/mol. The molecule has 0 aliphatic rings. The lowest BCUT2D eigenvalue weighted by Gasteiger charge is -2.22. The third-order valence-corrected chi connectivity index (χ3v) is 1.96. The van der Waals surface area contributed by atoms with Gasteiger partial charge in [0.05, 0.1) is 11.9 Å². The highest BCUT2D eigenvalue weighted by atomic mass is 19.1. The second-order valence-electron chi connectivity index (χ2n) is 4.03. The minimum absolute atomic E-state index is 0.0622. The van der Waals surface area contributed by atoms with Crippen molar-refractivity contribution in [1.29, 1.82) is 0 Å². The predicted octanol–water partition coefficient (Wildman–Crippen LogP) is 1.65. The fourth-order valence-corrected chi connectivity index (χ4v) is 0.909. The van der Waals surface area contributed by atoms with Gasteiger partial charge in [0.25, 0.3) is 0 Å². The van der Waals surface area contributed by atoms with Gasteiger partial charge >= 0.3 is 0 Å². The first-order chi connectivity index (χ1) is 6.55. The normalized spacial score (nSPS) is 11.4. The van der Waals surface area contributed by atoms with E-state index in [-0.39, 0.29) is 17.8 Å². The van der Waals surface area contributed by atoms with Crippen LogP contribution in [-0.4, -0.2) is 23.2 Å². The van der Waals surface area contributed by atoms with Crippen LogP contribution >= 0.6 is 0 Å². The molecule has 14 heavy (non-hydrogen) atoms. The van der Waals surface area contributed by atoms with Crippen LogP contribution in [0, 0.1) is 11.2 Å². The van der Waals surface area contributed by atoms with Gasteiger partial charge in [-0.05, 0) is 6.07 Å². The zero-order valence-corrected chi connectivity index (χ0v) is 8.42. The summed E-state index contributed by atoms with van der Waals surface area (Å²) in [4.78, 5) is 3.65. The molecule has 1 rings (SSSR count). The molecule has 0 aliphatic heterocycles. The van der Waals surface area contributed by atoms with Crippen LogP contribution in [0.5, 0.6) is 0 Å². The lowest BCUT2D eigenvalue weighted by molar-refractivity contribution is 0.170. The van der Waals surface area contributed by atoms with E-state index in [9.17, 15) is 4.39 Å². The molecule has 0 unspecified atom stereocenters. The molecule has 1 aromatic rings. The molecule has 3 nitrogen and oxygen atoms in total. The third kappa shape index (κ3) is 2.96. The van der Waals surface area contributed by atoms with Crippen molar-refractivity contribution in [2.24, 2.45) is 5.41 Å². The van der Waals surface area contributed by atoms with Gasteiger partial charge < -0.3 is 10.4 Å². The average molecular weight is 198 g/mol. The summed E-state index contributed by atoms with van der Waals surface area (Å²) in [5.74, 6) is -0.374. The summed E-state index contributed by atoms with van der Waals surface area (Å²) >= 11 is 0. The van der Waals surface area contributed by atoms with Gasteiger partial charge in [-0.2, -0.15) is 0 Å². The van der Waals surface area contributed by atoms with Crippen molar-refractivity contribution < 1.29 is 9.50 Å². The zero-order chi connectivity index (χ0) is 10.6. The van der Waals surface area contributed by atoms with Gasteiger partial charge in [0, 0.05) is 24.8 Å². The number of hydrogen-bond donors (Lipinski definition) is 2. The van der Waals surface area contributed by atoms with E-state index in [2.05, 4.69) is 10.3 Å². The fraction of sp³-hybridized carbons (Fsp3) is 0.500. The van der Waals surface area contributed by atoms with Gasteiger partial charge in [-0.3, -0.25) is 4.98 Å². The second kappa shape index (κ2) is 4.37. The van der Waals surface area contributed by atoms with E-state index in [4.69, 9.17) is 5.11 Å². The summed E-state index contributed by atoms with van der Waals surface area (Å²) in [6.07, 6.45) is 2.69. The standard InChI is InChI=1S/C10H15FN2O/c1-10(2,7-14)6-13-9-3-4-12-5-8(9)11/h3-5,14H,6-7H2,1-2H3,(H,12,13). The number of hydrogen-bond acceptors (Lipinski definition) is 3. The van der Waals surface area contributed by atoms with Crippen LogP contribution in [0.4, 0.5) is 10.1 Å². The Bertz CT molecular complexity index is 302. The highest BCUT2D eigenvalue weighted by Gasteiger charge is 2.16. The molecule has 4 heteroatoms. The Kier molecular flexibility index (Phi) is 3.41. The van der Waals surface area contributed by atoms with Gasteiger partial charge in [0.2, 0.25) is 0 Å². The molecule has 0 aliphatic carbocycles. The van der Waals surface area contributed by atoms with Crippen molar-refractivity contribution in [3.05, 3.63) is 24.3 Å². The minimum Gasteiger partial charge on any atom is -0.396 e. The maximum atomic E-state index is 13.1. The Morgan fingerprint density at radius 2 is 2.29 bits per heavy atom. The van der Waals surface area contributed by atoms with Crippen molar-refractivity contribution in [3.63, 3.8) is 0 Å². The molecule has 0 aromatic carbocycles. The Hall–Kier alpha value is -1.16. The topological polar surface area (TPSA) is 45.1 Å². The molecular formula is C10H15FN2O. The van der Waals surface area contributed by atoms with Crippen LogP contribution in [0.2, 0.25) is 0 Å². The smallest absolute Gasteiger partial charge is 0.164 e. The number of pyridine rings is 1. The maximum Gasteiger partial charge on any atom is 0.164 e. The zero-order valence-electron chi connectivity index (χ0n) is 8.42. The fourth-order valence-electron chi connectivity index (χ4n) is 0.909. The molecule has 0 atom stereocenters. The van der Waals surface area contributed by atoms with Gasteiger partial charge in [0.15, 0.2) is 5.82 Å². The Balaban J connectivity index is 2.58. The van der Waals surface area contributed by atoms with Crippen LogP contribution in [-0.2, 0) is 0 Å². The quantitative estimate of drug-likeness (QED) is 0.773. The molecule has 2 N–H and O–H groups in total. The molecule has 0 spiro atoms. The average Bonchev–Trinajstić information content (AvgIpc) is 2.17. The largest absolute Gasteiger partial charge is 0.396 e. The SMILES string of the molecule is CC(C)(CO)CNc1ccncc1F. The van der Waals surface area contributed by atoms with Gasteiger partial charge in [-0.15, -0.1) is 0 Å². The van der Waals surface area contributed by atoms with Gasteiger partial charge in [-0.1, -0.05) is 13.8 Å².